The Kier molecular flexibility index (Phi) is 3.80. The Labute approximate surface area is 160 Å². The highest BCUT2D eigenvalue weighted by Crippen LogP contribution is 2.45. The lowest BCUT2D eigenvalue weighted by atomic mass is 10.1. The lowest BCUT2D eigenvalue weighted by Crippen LogP contribution is -2.12. The SMILES string of the molecule is O=c1nc(-c2ccc3c(c2)Nc2ccccc2S3)cc(-c2ccccc2)[nH]1. The Morgan fingerprint density at radius 2 is 1.52 bits per heavy atom. The van der Waals surface area contributed by atoms with E-state index in [0.717, 1.165) is 33.1 Å². The van der Waals surface area contributed by atoms with Gasteiger partial charge in [-0.15, -0.1) is 0 Å². The zero-order chi connectivity index (χ0) is 18.2. The van der Waals surface area contributed by atoms with Gasteiger partial charge in [0.2, 0.25) is 0 Å². The lowest BCUT2D eigenvalue weighted by molar-refractivity contribution is 1.08. The Bertz CT molecular complexity index is 1200. The molecule has 130 valence electrons. The fourth-order valence-corrected chi connectivity index (χ4v) is 4.15. The normalized spacial score (nSPS) is 12.0. The average molecular weight is 369 g/mol. The first-order valence-corrected chi connectivity index (χ1v) is 9.43. The molecule has 0 amide bonds. The minimum absolute atomic E-state index is 0.350. The summed E-state index contributed by atoms with van der Waals surface area (Å²) in [7, 11) is 0. The molecule has 0 spiro atoms. The Hall–Kier alpha value is -3.31. The van der Waals surface area contributed by atoms with Crippen LogP contribution in [0.2, 0.25) is 0 Å². The van der Waals surface area contributed by atoms with Crippen molar-refractivity contribution in [3.63, 3.8) is 0 Å². The molecule has 0 saturated carbocycles. The molecular weight excluding hydrogens is 354 g/mol. The van der Waals surface area contributed by atoms with Gasteiger partial charge in [-0.3, -0.25) is 0 Å². The summed E-state index contributed by atoms with van der Waals surface area (Å²) >= 11 is 1.74. The standard InChI is InChI=1S/C22H15N3OS/c26-22-24-17(14-6-2-1-3-7-14)13-18(25-22)15-10-11-21-19(12-15)23-16-8-4-5-9-20(16)27-21/h1-13,23H,(H,24,25,26). The maximum absolute atomic E-state index is 12.1. The van der Waals surface area contributed by atoms with Crippen LogP contribution in [-0.2, 0) is 0 Å². The average Bonchev–Trinajstić information content (AvgIpc) is 2.72. The number of nitrogens with one attached hydrogen (secondary N) is 2. The number of rotatable bonds is 2. The summed E-state index contributed by atoms with van der Waals surface area (Å²) in [5.41, 5.74) is 5.05. The van der Waals surface area contributed by atoms with Crippen LogP contribution in [0, 0.1) is 0 Å². The first kappa shape index (κ1) is 15.9. The number of nitrogens with zero attached hydrogens (tertiary/aromatic N) is 1. The van der Waals surface area contributed by atoms with Crippen molar-refractivity contribution in [2.24, 2.45) is 0 Å². The van der Waals surface area contributed by atoms with E-state index < -0.39 is 0 Å². The van der Waals surface area contributed by atoms with Crippen molar-refractivity contribution >= 4 is 23.1 Å². The minimum atomic E-state index is -0.350. The van der Waals surface area contributed by atoms with E-state index in [0.29, 0.717) is 5.69 Å². The number of H-pyrrole nitrogens is 1. The molecule has 0 atom stereocenters. The summed E-state index contributed by atoms with van der Waals surface area (Å²) in [6.45, 7) is 0. The molecule has 0 bridgehead atoms. The van der Waals surface area contributed by atoms with E-state index in [1.165, 1.54) is 4.90 Å². The third kappa shape index (κ3) is 3.02. The van der Waals surface area contributed by atoms with E-state index in [1.807, 2.05) is 54.6 Å². The summed E-state index contributed by atoms with van der Waals surface area (Å²) in [6.07, 6.45) is 0. The van der Waals surface area contributed by atoms with E-state index in [-0.39, 0.29) is 5.69 Å². The summed E-state index contributed by atoms with van der Waals surface area (Å²) in [4.78, 5) is 21.5. The van der Waals surface area contributed by atoms with Gasteiger partial charge in [-0.1, -0.05) is 60.3 Å². The van der Waals surface area contributed by atoms with Crippen LogP contribution >= 0.6 is 11.8 Å². The van der Waals surface area contributed by atoms with Crippen molar-refractivity contribution in [2.45, 2.75) is 9.79 Å². The predicted octanol–water partition coefficient (Wildman–Crippen LogP) is 5.31. The van der Waals surface area contributed by atoms with Gasteiger partial charge < -0.3 is 10.3 Å². The molecule has 27 heavy (non-hydrogen) atoms. The first-order chi connectivity index (χ1) is 13.3. The molecule has 0 radical (unpaired) electrons. The molecule has 4 aromatic rings. The number of fused-ring (bicyclic) bond motifs is 2. The summed E-state index contributed by atoms with van der Waals surface area (Å²) in [5.74, 6) is 0. The Balaban J connectivity index is 1.57. The van der Waals surface area contributed by atoms with Crippen LogP contribution in [0.4, 0.5) is 11.4 Å². The Morgan fingerprint density at radius 3 is 2.41 bits per heavy atom. The second-order valence-electron chi connectivity index (χ2n) is 6.29. The van der Waals surface area contributed by atoms with Gasteiger partial charge in [-0.25, -0.2) is 4.79 Å². The van der Waals surface area contributed by atoms with Crippen molar-refractivity contribution in [3.8, 4) is 22.5 Å². The van der Waals surface area contributed by atoms with Crippen LogP contribution in [0.3, 0.4) is 0 Å². The number of hydrogen-bond acceptors (Lipinski definition) is 4. The molecule has 1 aliphatic heterocycles. The highest BCUT2D eigenvalue weighted by atomic mass is 32.2. The number of hydrogen-bond donors (Lipinski definition) is 2. The first-order valence-electron chi connectivity index (χ1n) is 8.61. The van der Waals surface area contributed by atoms with Gasteiger partial charge in [-0.05, 0) is 35.9 Å². The number of benzene rings is 3. The number of aromatic amines is 1. The molecule has 1 aromatic heterocycles. The summed E-state index contributed by atoms with van der Waals surface area (Å²) < 4.78 is 0. The van der Waals surface area contributed by atoms with Gasteiger partial charge >= 0.3 is 5.69 Å². The van der Waals surface area contributed by atoms with Gasteiger partial charge in [0.25, 0.3) is 0 Å². The van der Waals surface area contributed by atoms with Crippen LogP contribution in [-0.4, -0.2) is 9.97 Å². The molecule has 3 aromatic carbocycles. The maximum atomic E-state index is 12.1. The fourth-order valence-electron chi connectivity index (χ4n) is 3.18. The van der Waals surface area contributed by atoms with Crippen molar-refractivity contribution in [3.05, 3.63) is 89.3 Å². The highest BCUT2D eigenvalue weighted by molar-refractivity contribution is 7.99. The van der Waals surface area contributed by atoms with Crippen LogP contribution < -0.4 is 11.0 Å². The van der Waals surface area contributed by atoms with E-state index in [2.05, 4.69) is 39.6 Å². The molecule has 5 rings (SSSR count). The van der Waals surface area contributed by atoms with Crippen LogP contribution in [0.1, 0.15) is 0 Å². The van der Waals surface area contributed by atoms with Crippen molar-refractivity contribution in [1.82, 2.24) is 9.97 Å². The molecule has 0 aliphatic carbocycles. The van der Waals surface area contributed by atoms with E-state index in [1.54, 1.807) is 11.8 Å². The third-order valence-corrected chi connectivity index (χ3v) is 5.63. The van der Waals surface area contributed by atoms with Crippen LogP contribution in [0.25, 0.3) is 22.5 Å². The molecule has 1 aliphatic rings. The number of anilines is 2. The molecule has 2 heterocycles. The predicted molar refractivity (Wildman–Crippen MR) is 110 cm³/mol. The third-order valence-electron chi connectivity index (χ3n) is 4.48. The molecular formula is C22H15N3OS. The molecule has 4 nitrogen and oxygen atoms in total. The van der Waals surface area contributed by atoms with Gasteiger partial charge in [0.1, 0.15) is 0 Å². The second kappa shape index (κ2) is 6.45. The molecule has 2 N–H and O–H groups in total. The summed E-state index contributed by atoms with van der Waals surface area (Å²) in [5, 5.41) is 3.48. The van der Waals surface area contributed by atoms with Gasteiger partial charge in [0, 0.05) is 15.4 Å². The van der Waals surface area contributed by atoms with Crippen LogP contribution in [0.5, 0.6) is 0 Å². The molecule has 0 unspecified atom stereocenters. The van der Waals surface area contributed by atoms with Crippen molar-refractivity contribution < 1.29 is 0 Å². The van der Waals surface area contributed by atoms with E-state index in [9.17, 15) is 4.79 Å². The largest absolute Gasteiger partial charge is 0.354 e. The monoisotopic (exact) mass is 369 g/mol. The van der Waals surface area contributed by atoms with Crippen molar-refractivity contribution in [2.75, 3.05) is 5.32 Å². The zero-order valence-electron chi connectivity index (χ0n) is 14.3. The fraction of sp³-hybridized carbons (Fsp3) is 0. The molecule has 0 fully saturated rings. The molecule has 0 saturated heterocycles. The van der Waals surface area contributed by atoms with Crippen LogP contribution in [0.15, 0.2) is 93.4 Å². The second-order valence-corrected chi connectivity index (χ2v) is 7.37. The summed E-state index contributed by atoms with van der Waals surface area (Å²) in [6, 6.07) is 26.1. The quantitative estimate of drug-likeness (QED) is 0.443. The van der Waals surface area contributed by atoms with Gasteiger partial charge in [0.05, 0.1) is 22.8 Å². The van der Waals surface area contributed by atoms with E-state index in [4.69, 9.17) is 0 Å². The number of aromatic nitrogens is 2. The van der Waals surface area contributed by atoms with Gasteiger partial charge in [-0.2, -0.15) is 4.98 Å². The Morgan fingerprint density at radius 1 is 0.741 bits per heavy atom. The van der Waals surface area contributed by atoms with Gasteiger partial charge in [0.15, 0.2) is 0 Å². The lowest BCUT2D eigenvalue weighted by Gasteiger charge is -2.21. The smallest absolute Gasteiger partial charge is 0.345 e. The highest BCUT2D eigenvalue weighted by Gasteiger charge is 2.16. The molecule has 5 heteroatoms. The van der Waals surface area contributed by atoms with Crippen molar-refractivity contribution in [1.29, 1.82) is 0 Å². The zero-order valence-corrected chi connectivity index (χ0v) is 15.1. The topological polar surface area (TPSA) is 57.8 Å². The minimum Gasteiger partial charge on any atom is -0.354 e. The van der Waals surface area contributed by atoms with E-state index >= 15 is 0 Å². The maximum Gasteiger partial charge on any atom is 0.345 e. The number of para-hydroxylation sites is 1.